The second kappa shape index (κ2) is 4.50. The summed E-state index contributed by atoms with van der Waals surface area (Å²) in [7, 11) is 0. The first-order chi connectivity index (χ1) is 10.6. The van der Waals surface area contributed by atoms with E-state index in [4.69, 9.17) is 0 Å². The van der Waals surface area contributed by atoms with E-state index in [0.717, 1.165) is 17.7 Å². The van der Waals surface area contributed by atoms with Gasteiger partial charge in [-0.3, -0.25) is 14.4 Å². The molecule has 0 saturated heterocycles. The molecule has 0 atom stereocenters. The van der Waals surface area contributed by atoms with E-state index >= 15 is 0 Å². The van der Waals surface area contributed by atoms with Gasteiger partial charge in [0, 0.05) is 16.8 Å². The highest BCUT2D eigenvalue weighted by Gasteiger charge is 2.41. The average Bonchev–Trinajstić information content (AvgIpc) is 2.97. The number of fused-ring (bicyclic) bond motifs is 1. The van der Waals surface area contributed by atoms with Crippen molar-refractivity contribution in [2.45, 2.75) is 32.1 Å². The monoisotopic (exact) mass is 300 g/mol. The number of imide groups is 1. The lowest BCUT2D eigenvalue weighted by Crippen LogP contribution is -2.32. The predicted octanol–water partition coefficient (Wildman–Crippen LogP) is 2.06. The zero-order valence-electron chi connectivity index (χ0n) is 11.7. The van der Waals surface area contributed by atoms with Crippen molar-refractivity contribution in [3.8, 4) is 0 Å². The number of nitrogens with one attached hydrogen (secondary N) is 1. The summed E-state index contributed by atoms with van der Waals surface area (Å²) in [6, 6.07) is 2.60. The standard InChI is InChI=1S/C16H13FN2O3/c17-11-5-8-6-14(20)18-12(8)7-13(11)19-15(21)9-3-1-2-4-10(9)16(19)22/h5,7H,1-4,6H2,(H,18,20). The van der Waals surface area contributed by atoms with Crippen LogP contribution in [0.2, 0.25) is 0 Å². The zero-order valence-corrected chi connectivity index (χ0v) is 11.7. The van der Waals surface area contributed by atoms with Crippen LogP contribution in [0.15, 0.2) is 23.3 Å². The first kappa shape index (κ1) is 13.2. The van der Waals surface area contributed by atoms with Crippen molar-refractivity contribution in [2.24, 2.45) is 0 Å². The zero-order chi connectivity index (χ0) is 15.4. The van der Waals surface area contributed by atoms with Crippen molar-refractivity contribution < 1.29 is 18.8 Å². The third-order valence-electron chi connectivity index (χ3n) is 4.43. The van der Waals surface area contributed by atoms with Gasteiger partial charge in [0.25, 0.3) is 11.8 Å². The molecule has 0 aromatic heterocycles. The number of carbonyl (C=O) groups is 3. The highest BCUT2D eigenvalue weighted by atomic mass is 19.1. The van der Waals surface area contributed by atoms with Crippen LogP contribution in [0.4, 0.5) is 15.8 Å². The summed E-state index contributed by atoms with van der Waals surface area (Å²) in [6.07, 6.45) is 2.99. The molecular formula is C16H13FN2O3. The molecule has 3 aliphatic rings. The molecule has 112 valence electrons. The molecule has 6 heteroatoms. The van der Waals surface area contributed by atoms with Crippen molar-refractivity contribution in [2.75, 3.05) is 10.2 Å². The summed E-state index contributed by atoms with van der Waals surface area (Å²) >= 11 is 0. The van der Waals surface area contributed by atoms with Gasteiger partial charge >= 0.3 is 0 Å². The molecule has 0 radical (unpaired) electrons. The lowest BCUT2D eigenvalue weighted by molar-refractivity contribution is -0.120. The minimum atomic E-state index is -0.656. The number of hydrogen-bond donors (Lipinski definition) is 1. The van der Waals surface area contributed by atoms with Gasteiger partial charge in [0.1, 0.15) is 5.82 Å². The third kappa shape index (κ3) is 1.73. The minimum Gasteiger partial charge on any atom is -0.325 e. The highest BCUT2D eigenvalue weighted by Crippen LogP contribution is 2.38. The van der Waals surface area contributed by atoms with Crippen molar-refractivity contribution in [1.29, 1.82) is 0 Å². The fraction of sp³-hybridized carbons (Fsp3) is 0.312. The number of nitrogens with zero attached hydrogens (tertiary/aromatic N) is 1. The first-order valence-corrected chi connectivity index (χ1v) is 7.29. The van der Waals surface area contributed by atoms with Gasteiger partial charge in [-0.1, -0.05) is 0 Å². The van der Waals surface area contributed by atoms with Crippen LogP contribution in [0.25, 0.3) is 0 Å². The molecule has 3 amide bonds. The molecule has 0 fully saturated rings. The van der Waals surface area contributed by atoms with Crippen LogP contribution < -0.4 is 10.2 Å². The summed E-state index contributed by atoms with van der Waals surface area (Å²) in [6.45, 7) is 0. The molecule has 1 aliphatic carbocycles. The van der Waals surface area contributed by atoms with Crippen molar-refractivity contribution in [3.05, 3.63) is 34.7 Å². The van der Waals surface area contributed by atoms with Crippen LogP contribution in [0.3, 0.4) is 0 Å². The van der Waals surface area contributed by atoms with Gasteiger partial charge < -0.3 is 5.32 Å². The fourth-order valence-corrected chi connectivity index (χ4v) is 3.36. The Morgan fingerprint density at radius 2 is 1.64 bits per heavy atom. The van der Waals surface area contributed by atoms with E-state index in [9.17, 15) is 18.8 Å². The van der Waals surface area contributed by atoms with Crippen LogP contribution >= 0.6 is 0 Å². The molecule has 4 rings (SSSR count). The summed E-state index contributed by atoms with van der Waals surface area (Å²) in [5, 5.41) is 2.61. The fourth-order valence-electron chi connectivity index (χ4n) is 3.36. The van der Waals surface area contributed by atoms with E-state index in [-0.39, 0.29) is 18.0 Å². The predicted molar refractivity (Wildman–Crippen MR) is 76.7 cm³/mol. The van der Waals surface area contributed by atoms with Crippen molar-refractivity contribution in [1.82, 2.24) is 0 Å². The Balaban J connectivity index is 1.78. The molecule has 1 N–H and O–H groups in total. The molecular weight excluding hydrogens is 287 g/mol. The second-order valence-corrected chi connectivity index (χ2v) is 5.80. The molecule has 1 aromatic carbocycles. The molecule has 0 unspecified atom stereocenters. The maximum atomic E-state index is 14.3. The normalized spacial score (nSPS) is 20.4. The van der Waals surface area contributed by atoms with E-state index in [1.807, 2.05) is 0 Å². The number of rotatable bonds is 1. The molecule has 0 spiro atoms. The molecule has 2 heterocycles. The number of anilines is 2. The molecule has 22 heavy (non-hydrogen) atoms. The molecule has 5 nitrogen and oxygen atoms in total. The van der Waals surface area contributed by atoms with Gasteiger partial charge in [0.05, 0.1) is 12.1 Å². The molecule has 0 bridgehead atoms. The Kier molecular flexibility index (Phi) is 2.69. The topological polar surface area (TPSA) is 66.5 Å². The Bertz CT molecular complexity index is 754. The highest BCUT2D eigenvalue weighted by molar-refractivity contribution is 6.33. The van der Waals surface area contributed by atoms with E-state index < -0.39 is 17.6 Å². The maximum Gasteiger partial charge on any atom is 0.261 e. The number of hydrogen-bond acceptors (Lipinski definition) is 3. The Labute approximate surface area is 125 Å². The Morgan fingerprint density at radius 3 is 2.27 bits per heavy atom. The van der Waals surface area contributed by atoms with Gasteiger partial charge in [-0.15, -0.1) is 0 Å². The van der Waals surface area contributed by atoms with Gasteiger partial charge in [0.15, 0.2) is 0 Å². The summed E-state index contributed by atoms with van der Waals surface area (Å²) in [5.41, 5.74) is 1.96. The van der Waals surface area contributed by atoms with Crippen LogP contribution in [0.1, 0.15) is 31.2 Å². The minimum absolute atomic E-state index is 0.0784. The van der Waals surface area contributed by atoms with Gasteiger partial charge in [0.2, 0.25) is 5.91 Å². The van der Waals surface area contributed by atoms with E-state index in [1.54, 1.807) is 0 Å². The van der Waals surface area contributed by atoms with Crippen molar-refractivity contribution in [3.63, 3.8) is 0 Å². The largest absolute Gasteiger partial charge is 0.325 e. The average molecular weight is 300 g/mol. The van der Waals surface area contributed by atoms with Crippen LogP contribution in [-0.4, -0.2) is 17.7 Å². The smallest absolute Gasteiger partial charge is 0.261 e. The van der Waals surface area contributed by atoms with E-state index in [0.29, 0.717) is 35.2 Å². The molecule has 2 aliphatic heterocycles. The van der Waals surface area contributed by atoms with Crippen molar-refractivity contribution >= 4 is 29.1 Å². The van der Waals surface area contributed by atoms with Crippen LogP contribution in [0, 0.1) is 5.82 Å². The van der Waals surface area contributed by atoms with Crippen LogP contribution in [0.5, 0.6) is 0 Å². The van der Waals surface area contributed by atoms with Gasteiger partial charge in [-0.2, -0.15) is 0 Å². The Morgan fingerprint density at radius 1 is 1.00 bits per heavy atom. The van der Waals surface area contributed by atoms with E-state index in [1.165, 1.54) is 12.1 Å². The first-order valence-electron chi connectivity index (χ1n) is 7.29. The number of benzene rings is 1. The lowest BCUT2D eigenvalue weighted by atomic mass is 9.93. The van der Waals surface area contributed by atoms with Crippen LogP contribution in [-0.2, 0) is 20.8 Å². The SMILES string of the molecule is O=C1Cc2cc(F)c(N3C(=O)C4=C(CCCC4)C3=O)cc2N1. The number of amides is 3. The van der Waals surface area contributed by atoms with Gasteiger partial charge in [-0.25, -0.2) is 9.29 Å². The summed E-state index contributed by atoms with van der Waals surface area (Å²) in [4.78, 5) is 37.2. The molecule has 1 aromatic rings. The number of halogens is 1. The maximum absolute atomic E-state index is 14.3. The second-order valence-electron chi connectivity index (χ2n) is 5.80. The third-order valence-corrected chi connectivity index (χ3v) is 4.43. The van der Waals surface area contributed by atoms with E-state index in [2.05, 4.69) is 5.32 Å². The molecule has 0 saturated carbocycles. The summed E-state index contributed by atoms with van der Waals surface area (Å²) < 4.78 is 14.3. The van der Waals surface area contributed by atoms with Gasteiger partial charge in [-0.05, 0) is 43.4 Å². The Hall–Kier alpha value is -2.50. The summed E-state index contributed by atoms with van der Waals surface area (Å²) in [5.74, 6) is -1.73. The number of carbonyl (C=O) groups excluding carboxylic acids is 3. The quantitative estimate of drug-likeness (QED) is 0.807. The lowest BCUT2D eigenvalue weighted by Gasteiger charge is -2.17.